The summed E-state index contributed by atoms with van der Waals surface area (Å²) in [7, 11) is 0. The molecule has 0 radical (unpaired) electrons. The monoisotopic (exact) mass is 286 g/mol. The van der Waals surface area contributed by atoms with Gasteiger partial charge in [-0.1, -0.05) is 34.8 Å². The van der Waals surface area contributed by atoms with Crippen LogP contribution in [0.1, 0.15) is 20.7 Å². The largest absolute Gasteiger partial charge is 0.478 e. The zero-order valence-electron chi connectivity index (χ0n) is 7.22. The van der Waals surface area contributed by atoms with Crippen LogP contribution in [0.2, 0.25) is 15.1 Å². The predicted molar refractivity (Wildman–Crippen MR) is 55.3 cm³/mol. The van der Waals surface area contributed by atoms with Crippen molar-refractivity contribution in [2.24, 2.45) is 0 Å². The summed E-state index contributed by atoms with van der Waals surface area (Å²) >= 11 is 16.3. The highest BCUT2D eigenvalue weighted by Gasteiger charge is 2.28. The highest BCUT2D eigenvalue weighted by Crippen LogP contribution is 2.37. The van der Waals surface area contributed by atoms with Crippen LogP contribution in [0.15, 0.2) is 0 Å². The van der Waals surface area contributed by atoms with Crippen molar-refractivity contribution in [2.45, 2.75) is 0 Å². The number of aromatic carboxylic acids is 2. The Balaban J connectivity index is 3.77. The summed E-state index contributed by atoms with van der Waals surface area (Å²) in [6.45, 7) is 0. The van der Waals surface area contributed by atoms with Crippen molar-refractivity contribution in [1.82, 2.24) is 0 Å². The van der Waals surface area contributed by atoms with Crippen LogP contribution < -0.4 is 0 Å². The molecule has 0 unspecified atom stereocenters. The van der Waals surface area contributed by atoms with Crippen molar-refractivity contribution in [3.63, 3.8) is 0 Å². The summed E-state index contributed by atoms with van der Waals surface area (Å²) in [4.78, 5) is 21.3. The molecule has 1 aromatic rings. The molecule has 2 N–H and O–H groups in total. The van der Waals surface area contributed by atoms with E-state index in [-0.39, 0.29) is 0 Å². The zero-order chi connectivity index (χ0) is 12.6. The van der Waals surface area contributed by atoms with Crippen molar-refractivity contribution >= 4 is 46.7 Å². The van der Waals surface area contributed by atoms with Gasteiger partial charge in [0.1, 0.15) is 11.1 Å². The van der Waals surface area contributed by atoms with Gasteiger partial charge in [0.05, 0.1) is 15.1 Å². The molecular formula is C8H2Cl3FO4. The number of carboxylic acid groups (broad SMARTS) is 2. The van der Waals surface area contributed by atoms with E-state index >= 15 is 0 Å². The topological polar surface area (TPSA) is 74.6 Å². The molecule has 0 saturated carbocycles. The summed E-state index contributed by atoms with van der Waals surface area (Å²) in [6.07, 6.45) is 0. The molecule has 0 aliphatic carbocycles. The summed E-state index contributed by atoms with van der Waals surface area (Å²) in [6, 6.07) is 0. The highest BCUT2D eigenvalue weighted by atomic mass is 35.5. The molecular weight excluding hydrogens is 285 g/mol. The fraction of sp³-hybridized carbons (Fsp3) is 0. The van der Waals surface area contributed by atoms with Gasteiger partial charge in [0, 0.05) is 0 Å². The SMILES string of the molecule is O=C(O)c1c(F)c(Cl)c(C(=O)O)c(Cl)c1Cl. The van der Waals surface area contributed by atoms with Crippen LogP contribution in [-0.2, 0) is 0 Å². The van der Waals surface area contributed by atoms with Gasteiger partial charge in [0.15, 0.2) is 5.82 Å². The number of hydrogen-bond donors (Lipinski definition) is 2. The van der Waals surface area contributed by atoms with Gasteiger partial charge in [-0.2, -0.15) is 0 Å². The van der Waals surface area contributed by atoms with E-state index in [0.717, 1.165) is 0 Å². The molecule has 0 saturated heterocycles. The van der Waals surface area contributed by atoms with E-state index in [9.17, 15) is 14.0 Å². The number of carbonyl (C=O) groups is 2. The van der Waals surface area contributed by atoms with Crippen molar-refractivity contribution in [3.05, 3.63) is 32.0 Å². The van der Waals surface area contributed by atoms with E-state index in [1.165, 1.54) is 0 Å². The fourth-order valence-corrected chi connectivity index (χ4v) is 1.85. The Bertz CT molecular complexity index is 427. The van der Waals surface area contributed by atoms with Crippen LogP contribution in [0, 0.1) is 5.82 Å². The molecule has 0 amide bonds. The Morgan fingerprint density at radius 1 is 0.875 bits per heavy atom. The molecule has 0 fully saturated rings. The number of halogens is 4. The molecule has 0 spiro atoms. The van der Waals surface area contributed by atoms with Crippen LogP contribution in [0.5, 0.6) is 0 Å². The number of carboxylic acids is 2. The summed E-state index contributed by atoms with van der Waals surface area (Å²) < 4.78 is 13.4. The molecule has 0 bridgehead atoms. The van der Waals surface area contributed by atoms with Crippen LogP contribution >= 0.6 is 34.8 Å². The first kappa shape index (κ1) is 13.0. The van der Waals surface area contributed by atoms with Crippen LogP contribution in [0.4, 0.5) is 4.39 Å². The zero-order valence-corrected chi connectivity index (χ0v) is 9.49. The normalized spacial score (nSPS) is 10.2. The van der Waals surface area contributed by atoms with E-state index in [0.29, 0.717) is 0 Å². The first-order valence-corrected chi connectivity index (χ1v) is 4.75. The van der Waals surface area contributed by atoms with Crippen LogP contribution in [-0.4, -0.2) is 22.2 Å². The third-order valence-electron chi connectivity index (χ3n) is 1.69. The molecule has 0 heterocycles. The van der Waals surface area contributed by atoms with E-state index < -0.39 is 44.0 Å². The predicted octanol–water partition coefficient (Wildman–Crippen LogP) is 3.18. The fourth-order valence-electron chi connectivity index (χ4n) is 1.01. The second-order valence-electron chi connectivity index (χ2n) is 2.62. The van der Waals surface area contributed by atoms with Crippen molar-refractivity contribution in [2.75, 3.05) is 0 Å². The lowest BCUT2D eigenvalue weighted by molar-refractivity contribution is 0.0677. The van der Waals surface area contributed by atoms with Gasteiger partial charge in [-0.3, -0.25) is 0 Å². The molecule has 8 heteroatoms. The third-order valence-corrected chi connectivity index (χ3v) is 2.90. The lowest BCUT2D eigenvalue weighted by atomic mass is 10.1. The van der Waals surface area contributed by atoms with E-state index in [1.807, 2.05) is 0 Å². The average molecular weight is 287 g/mol. The van der Waals surface area contributed by atoms with Crippen molar-refractivity contribution < 1.29 is 24.2 Å². The Kier molecular flexibility index (Phi) is 3.62. The Morgan fingerprint density at radius 2 is 1.25 bits per heavy atom. The standard InChI is InChI=1S/C8H2Cl3FO4/c9-3-1(7(13)14)5(11)6(12)2(4(3)10)8(15)16/h(H,13,14)(H,15,16). The summed E-state index contributed by atoms with van der Waals surface area (Å²) in [5, 5.41) is 15.1. The third kappa shape index (κ3) is 1.93. The molecule has 0 aromatic heterocycles. The molecule has 0 aliphatic rings. The first-order valence-electron chi connectivity index (χ1n) is 3.61. The Hall–Kier alpha value is -1.04. The molecule has 1 aromatic carbocycles. The average Bonchev–Trinajstić information content (AvgIpc) is 2.14. The van der Waals surface area contributed by atoms with Crippen LogP contribution in [0.3, 0.4) is 0 Å². The van der Waals surface area contributed by atoms with Crippen molar-refractivity contribution in [1.29, 1.82) is 0 Å². The van der Waals surface area contributed by atoms with Gasteiger partial charge in [-0.25, -0.2) is 14.0 Å². The molecule has 0 atom stereocenters. The van der Waals surface area contributed by atoms with Gasteiger partial charge in [0.2, 0.25) is 0 Å². The smallest absolute Gasteiger partial charge is 0.340 e. The minimum atomic E-state index is -1.69. The highest BCUT2D eigenvalue weighted by molar-refractivity contribution is 6.47. The molecule has 16 heavy (non-hydrogen) atoms. The minimum absolute atomic E-state index is 0.613. The molecule has 86 valence electrons. The van der Waals surface area contributed by atoms with E-state index in [4.69, 9.17) is 45.0 Å². The molecule has 4 nitrogen and oxygen atoms in total. The van der Waals surface area contributed by atoms with Crippen LogP contribution in [0.25, 0.3) is 0 Å². The van der Waals surface area contributed by atoms with Gasteiger partial charge in [0.25, 0.3) is 0 Å². The second-order valence-corrected chi connectivity index (χ2v) is 3.75. The van der Waals surface area contributed by atoms with Gasteiger partial charge < -0.3 is 10.2 Å². The number of rotatable bonds is 2. The molecule has 0 aliphatic heterocycles. The number of hydrogen-bond acceptors (Lipinski definition) is 2. The van der Waals surface area contributed by atoms with E-state index in [1.54, 1.807) is 0 Å². The Labute approximate surface area is 103 Å². The first-order chi connectivity index (χ1) is 7.29. The summed E-state index contributed by atoms with van der Waals surface area (Å²) in [5.41, 5.74) is -1.72. The number of benzene rings is 1. The molecule has 1 rings (SSSR count). The summed E-state index contributed by atoms with van der Waals surface area (Å²) in [5.74, 6) is -4.73. The lowest BCUT2D eigenvalue weighted by Gasteiger charge is -2.09. The van der Waals surface area contributed by atoms with E-state index in [2.05, 4.69) is 0 Å². The van der Waals surface area contributed by atoms with Gasteiger partial charge in [-0.05, 0) is 0 Å². The maximum absolute atomic E-state index is 13.4. The van der Waals surface area contributed by atoms with Crippen molar-refractivity contribution in [3.8, 4) is 0 Å². The lowest BCUT2D eigenvalue weighted by Crippen LogP contribution is -2.08. The maximum Gasteiger partial charge on any atom is 0.340 e. The quantitative estimate of drug-likeness (QED) is 0.819. The van der Waals surface area contributed by atoms with Gasteiger partial charge >= 0.3 is 11.9 Å². The second kappa shape index (κ2) is 4.45. The van der Waals surface area contributed by atoms with Gasteiger partial charge in [-0.15, -0.1) is 0 Å². The maximum atomic E-state index is 13.4. The Morgan fingerprint density at radius 3 is 1.62 bits per heavy atom. The minimum Gasteiger partial charge on any atom is -0.478 e.